The minimum atomic E-state index is -0.290. The normalized spacial score (nSPS) is 15.7. The monoisotopic (exact) mass is 271 g/mol. The van der Waals surface area contributed by atoms with Crippen LogP contribution < -0.4 is 5.73 Å². The highest BCUT2D eigenvalue weighted by Gasteiger charge is 2.27. The highest BCUT2D eigenvalue weighted by molar-refractivity contribution is 5.96. The zero-order chi connectivity index (χ0) is 14.5. The summed E-state index contributed by atoms with van der Waals surface area (Å²) >= 11 is 0. The summed E-state index contributed by atoms with van der Waals surface area (Å²) in [7, 11) is 0. The first-order chi connectivity index (χ1) is 9.63. The Hall–Kier alpha value is -2.35. The van der Waals surface area contributed by atoms with Gasteiger partial charge in [-0.3, -0.25) is 9.59 Å². The molecule has 5 heteroatoms. The van der Waals surface area contributed by atoms with E-state index in [4.69, 9.17) is 11.0 Å². The van der Waals surface area contributed by atoms with Crippen LogP contribution in [-0.2, 0) is 11.2 Å². The van der Waals surface area contributed by atoms with Crippen LogP contribution >= 0.6 is 0 Å². The van der Waals surface area contributed by atoms with E-state index in [-0.39, 0.29) is 24.2 Å². The number of primary amides is 1. The van der Waals surface area contributed by atoms with E-state index in [1.165, 1.54) is 0 Å². The minimum Gasteiger partial charge on any atom is -0.369 e. The summed E-state index contributed by atoms with van der Waals surface area (Å²) in [6, 6.07) is 9.23. The van der Waals surface area contributed by atoms with Gasteiger partial charge in [0.1, 0.15) is 0 Å². The highest BCUT2D eigenvalue weighted by Crippen LogP contribution is 2.20. The second-order valence-electron chi connectivity index (χ2n) is 4.96. The van der Waals surface area contributed by atoms with Crippen LogP contribution in [0.3, 0.4) is 0 Å². The van der Waals surface area contributed by atoms with Gasteiger partial charge in [0.25, 0.3) is 5.91 Å². The maximum atomic E-state index is 12.5. The van der Waals surface area contributed by atoms with Crippen LogP contribution in [0.15, 0.2) is 24.3 Å². The number of carbonyl (C=O) groups excluding carboxylic acids is 2. The number of amides is 2. The van der Waals surface area contributed by atoms with E-state index in [2.05, 4.69) is 6.07 Å². The highest BCUT2D eigenvalue weighted by atomic mass is 16.2. The molecular weight excluding hydrogens is 254 g/mol. The number of carbonyl (C=O) groups is 2. The number of rotatable bonds is 3. The molecule has 2 rings (SSSR count). The molecule has 1 aromatic rings. The summed E-state index contributed by atoms with van der Waals surface area (Å²) < 4.78 is 0. The van der Waals surface area contributed by atoms with E-state index >= 15 is 0 Å². The van der Waals surface area contributed by atoms with Gasteiger partial charge in [-0.2, -0.15) is 5.26 Å². The number of nitrogens with zero attached hydrogens (tertiary/aromatic N) is 2. The predicted octanol–water partition coefficient (Wildman–Crippen LogP) is 1.09. The maximum absolute atomic E-state index is 12.5. The summed E-state index contributed by atoms with van der Waals surface area (Å²) in [6.07, 6.45) is 1.45. The Labute approximate surface area is 118 Å². The minimum absolute atomic E-state index is 0.0706. The Morgan fingerprint density at radius 3 is 2.55 bits per heavy atom. The fraction of sp³-hybridized carbons (Fsp3) is 0.400. The third-order valence-electron chi connectivity index (χ3n) is 3.70. The summed E-state index contributed by atoms with van der Waals surface area (Å²) in [5.74, 6) is -0.492. The Balaban J connectivity index is 2.10. The molecule has 2 amide bonds. The van der Waals surface area contributed by atoms with Gasteiger partial charge in [-0.1, -0.05) is 18.2 Å². The second kappa shape index (κ2) is 6.20. The molecule has 104 valence electrons. The van der Waals surface area contributed by atoms with Crippen LogP contribution in [0.4, 0.5) is 0 Å². The molecule has 1 aliphatic rings. The van der Waals surface area contributed by atoms with E-state index < -0.39 is 0 Å². The molecule has 0 spiro atoms. The van der Waals surface area contributed by atoms with Crippen molar-refractivity contribution in [2.75, 3.05) is 13.1 Å². The number of hydrogen-bond donors (Lipinski definition) is 1. The van der Waals surface area contributed by atoms with Crippen molar-refractivity contribution in [2.45, 2.75) is 19.3 Å². The Kier molecular flexibility index (Phi) is 4.36. The van der Waals surface area contributed by atoms with Gasteiger partial charge in [0, 0.05) is 24.6 Å². The number of benzene rings is 1. The van der Waals surface area contributed by atoms with Crippen LogP contribution in [0.1, 0.15) is 28.8 Å². The van der Waals surface area contributed by atoms with E-state index in [1.54, 1.807) is 23.1 Å². The zero-order valence-corrected chi connectivity index (χ0v) is 11.2. The first kappa shape index (κ1) is 14.1. The van der Waals surface area contributed by atoms with Gasteiger partial charge >= 0.3 is 0 Å². The van der Waals surface area contributed by atoms with E-state index in [0.29, 0.717) is 31.5 Å². The Morgan fingerprint density at radius 2 is 1.95 bits per heavy atom. The first-order valence-electron chi connectivity index (χ1n) is 6.67. The summed E-state index contributed by atoms with van der Waals surface area (Å²) in [5.41, 5.74) is 6.61. The zero-order valence-electron chi connectivity index (χ0n) is 11.2. The third kappa shape index (κ3) is 2.97. The lowest BCUT2D eigenvalue weighted by Gasteiger charge is -2.31. The molecule has 0 radical (unpaired) electrons. The van der Waals surface area contributed by atoms with Gasteiger partial charge in [0.15, 0.2) is 0 Å². The van der Waals surface area contributed by atoms with Gasteiger partial charge in [-0.25, -0.2) is 0 Å². The van der Waals surface area contributed by atoms with Crippen LogP contribution in [0.5, 0.6) is 0 Å². The SMILES string of the molecule is N#CCc1ccccc1C(=O)N1CCC(C(N)=O)CC1. The summed E-state index contributed by atoms with van der Waals surface area (Å²) in [4.78, 5) is 25.3. The second-order valence-corrected chi connectivity index (χ2v) is 4.96. The maximum Gasteiger partial charge on any atom is 0.254 e. The number of nitrogens with two attached hydrogens (primary N) is 1. The van der Waals surface area contributed by atoms with Gasteiger partial charge < -0.3 is 10.6 Å². The van der Waals surface area contributed by atoms with Crippen molar-refractivity contribution in [3.8, 4) is 6.07 Å². The molecule has 0 unspecified atom stereocenters. The molecule has 1 fully saturated rings. The molecule has 1 saturated heterocycles. The van der Waals surface area contributed by atoms with E-state index in [1.807, 2.05) is 6.07 Å². The molecule has 0 aliphatic carbocycles. The molecule has 5 nitrogen and oxygen atoms in total. The number of hydrogen-bond acceptors (Lipinski definition) is 3. The van der Waals surface area contributed by atoms with Crippen molar-refractivity contribution < 1.29 is 9.59 Å². The predicted molar refractivity (Wildman–Crippen MR) is 73.6 cm³/mol. The molecule has 1 aliphatic heterocycles. The standard InChI is InChI=1S/C15H17N3O2/c16-8-5-11-3-1-2-4-13(11)15(20)18-9-6-12(7-10-18)14(17)19/h1-4,12H,5-7,9-10H2,(H2,17,19). The topological polar surface area (TPSA) is 87.2 Å². The van der Waals surface area contributed by atoms with Crippen molar-refractivity contribution in [2.24, 2.45) is 11.7 Å². The van der Waals surface area contributed by atoms with E-state index in [0.717, 1.165) is 5.56 Å². The number of nitriles is 1. The van der Waals surface area contributed by atoms with E-state index in [9.17, 15) is 9.59 Å². The fourth-order valence-corrected chi connectivity index (χ4v) is 2.51. The molecule has 0 atom stereocenters. The van der Waals surface area contributed by atoms with Gasteiger partial charge in [-0.05, 0) is 24.5 Å². The van der Waals surface area contributed by atoms with Gasteiger partial charge in [-0.15, -0.1) is 0 Å². The third-order valence-corrected chi connectivity index (χ3v) is 3.70. The lowest BCUT2D eigenvalue weighted by Crippen LogP contribution is -2.42. The van der Waals surface area contributed by atoms with Gasteiger partial charge in [0.05, 0.1) is 12.5 Å². The lowest BCUT2D eigenvalue weighted by molar-refractivity contribution is -0.123. The van der Waals surface area contributed by atoms with Crippen LogP contribution in [0, 0.1) is 17.2 Å². The van der Waals surface area contributed by atoms with Crippen molar-refractivity contribution in [1.82, 2.24) is 4.90 Å². The van der Waals surface area contributed by atoms with Crippen molar-refractivity contribution in [1.29, 1.82) is 5.26 Å². The van der Waals surface area contributed by atoms with Crippen LogP contribution in [0.25, 0.3) is 0 Å². The number of piperidine rings is 1. The fourth-order valence-electron chi connectivity index (χ4n) is 2.51. The molecular formula is C15H17N3O2. The van der Waals surface area contributed by atoms with Crippen molar-refractivity contribution >= 4 is 11.8 Å². The summed E-state index contributed by atoms with van der Waals surface area (Å²) in [5, 5.41) is 8.81. The summed E-state index contributed by atoms with van der Waals surface area (Å²) in [6.45, 7) is 1.07. The van der Waals surface area contributed by atoms with Crippen molar-refractivity contribution in [3.05, 3.63) is 35.4 Å². The average molecular weight is 271 g/mol. The molecule has 2 N–H and O–H groups in total. The quantitative estimate of drug-likeness (QED) is 0.892. The van der Waals surface area contributed by atoms with Gasteiger partial charge in [0.2, 0.25) is 5.91 Å². The lowest BCUT2D eigenvalue weighted by atomic mass is 9.95. The molecule has 0 aromatic heterocycles. The molecule has 0 saturated carbocycles. The average Bonchev–Trinajstić information content (AvgIpc) is 2.47. The molecule has 0 bridgehead atoms. The Morgan fingerprint density at radius 1 is 1.30 bits per heavy atom. The Bertz CT molecular complexity index is 554. The molecule has 20 heavy (non-hydrogen) atoms. The van der Waals surface area contributed by atoms with Crippen LogP contribution in [-0.4, -0.2) is 29.8 Å². The largest absolute Gasteiger partial charge is 0.369 e. The smallest absolute Gasteiger partial charge is 0.254 e. The van der Waals surface area contributed by atoms with Crippen LogP contribution in [0.2, 0.25) is 0 Å². The number of likely N-dealkylation sites (tertiary alicyclic amines) is 1. The first-order valence-corrected chi connectivity index (χ1v) is 6.67. The van der Waals surface area contributed by atoms with Crippen molar-refractivity contribution in [3.63, 3.8) is 0 Å². The molecule has 1 aromatic carbocycles. The molecule has 1 heterocycles.